The number of carbonyl (C=O) groups excluding carboxylic acids is 1. The Hall–Kier alpha value is -1.51. The second-order valence-electron chi connectivity index (χ2n) is 6.43. The van der Waals surface area contributed by atoms with E-state index in [0.29, 0.717) is 0 Å². The van der Waals surface area contributed by atoms with Gasteiger partial charge in [0.15, 0.2) is 0 Å². The monoisotopic (exact) mass is 272 g/mol. The molecule has 0 bridgehead atoms. The van der Waals surface area contributed by atoms with Gasteiger partial charge in [-0.2, -0.15) is 0 Å². The van der Waals surface area contributed by atoms with Crippen molar-refractivity contribution in [1.29, 1.82) is 0 Å². The van der Waals surface area contributed by atoms with Crippen LogP contribution in [0.15, 0.2) is 24.3 Å². The van der Waals surface area contributed by atoms with Crippen LogP contribution in [0, 0.1) is 17.8 Å². The molecule has 0 saturated heterocycles. The average molecular weight is 272 g/mol. The number of nitrogen functional groups attached to an aromatic ring is 1. The molecule has 1 aromatic rings. The standard InChI is InChI=1S/C17H24N2O/c18-15-7-9-16(10-8-15)19-17(20)14-6-5-12-3-1-2-4-13(12)11-14/h7-10,12-14H,1-6,11,18H2,(H,19,20). The third-order valence-electron chi connectivity index (χ3n) is 5.09. The molecule has 0 aliphatic heterocycles. The van der Waals surface area contributed by atoms with Crippen LogP contribution < -0.4 is 11.1 Å². The molecule has 1 aromatic carbocycles. The molecule has 2 aliphatic carbocycles. The Balaban J connectivity index is 1.58. The van der Waals surface area contributed by atoms with Crippen molar-refractivity contribution in [2.75, 3.05) is 11.1 Å². The summed E-state index contributed by atoms with van der Waals surface area (Å²) >= 11 is 0. The van der Waals surface area contributed by atoms with Crippen molar-refractivity contribution >= 4 is 17.3 Å². The molecule has 2 aliphatic rings. The number of benzene rings is 1. The highest BCUT2D eigenvalue weighted by Crippen LogP contribution is 2.42. The minimum absolute atomic E-state index is 0.193. The summed E-state index contributed by atoms with van der Waals surface area (Å²) in [5.74, 6) is 2.08. The first kappa shape index (κ1) is 13.5. The first-order valence-corrected chi connectivity index (χ1v) is 7.89. The summed E-state index contributed by atoms with van der Waals surface area (Å²) in [6.07, 6.45) is 8.85. The molecule has 0 radical (unpaired) electrons. The highest BCUT2D eigenvalue weighted by atomic mass is 16.1. The molecular formula is C17H24N2O. The fraction of sp³-hybridized carbons (Fsp3) is 0.588. The number of fused-ring (bicyclic) bond motifs is 1. The van der Waals surface area contributed by atoms with Crippen LogP contribution in [0.4, 0.5) is 11.4 Å². The quantitative estimate of drug-likeness (QED) is 0.804. The molecule has 3 nitrogen and oxygen atoms in total. The van der Waals surface area contributed by atoms with Crippen molar-refractivity contribution in [3.05, 3.63) is 24.3 Å². The van der Waals surface area contributed by atoms with E-state index < -0.39 is 0 Å². The van der Waals surface area contributed by atoms with Crippen LogP contribution in [0.2, 0.25) is 0 Å². The zero-order valence-electron chi connectivity index (χ0n) is 12.0. The van der Waals surface area contributed by atoms with Crippen LogP contribution in [-0.2, 0) is 4.79 Å². The fourth-order valence-corrected chi connectivity index (χ4v) is 3.92. The molecule has 2 saturated carbocycles. The Kier molecular flexibility index (Phi) is 3.95. The highest BCUT2D eigenvalue weighted by Gasteiger charge is 2.34. The Morgan fingerprint density at radius 2 is 1.70 bits per heavy atom. The maximum Gasteiger partial charge on any atom is 0.227 e. The van der Waals surface area contributed by atoms with E-state index in [1.165, 1.54) is 32.1 Å². The summed E-state index contributed by atoms with van der Waals surface area (Å²) in [6.45, 7) is 0. The van der Waals surface area contributed by atoms with Gasteiger partial charge in [-0.1, -0.05) is 25.7 Å². The molecule has 0 spiro atoms. The lowest BCUT2D eigenvalue weighted by molar-refractivity contribution is -0.122. The van der Waals surface area contributed by atoms with Gasteiger partial charge in [0.05, 0.1) is 0 Å². The van der Waals surface area contributed by atoms with Gasteiger partial charge in [-0.3, -0.25) is 4.79 Å². The maximum absolute atomic E-state index is 12.4. The van der Waals surface area contributed by atoms with Gasteiger partial charge in [0.1, 0.15) is 0 Å². The lowest BCUT2D eigenvalue weighted by Gasteiger charge is -2.38. The number of nitrogens with one attached hydrogen (secondary N) is 1. The number of carbonyl (C=O) groups is 1. The number of anilines is 2. The van der Waals surface area contributed by atoms with Crippen LogP contribution in [0.25, 0.3) is 0 Å². The van der Waals surface area contributed by atoms with Crippen LogP contribution >= 0.6 is 0 Å². The number of hydrogen-bond donors (Lipinski definition) is 2. The summed E-state index contributed by atoms with van der Waals surface area (Å²) in [7, 11) is 0. The topological polar surface area (TPSA) is 55.1 Å². The van der Waals surface area contributed by atoms with E-state index in [1.54, 1.807) is 0 Å². The van der Waals surface area contributed by atoms with Gasteiger partial charge in [-0.05, 0) is 55.4 Å². The predicted molar refractivity (Wildman–Crippen MR) is 82.3 cm³/mol. The Labute approximate surface area is 120 Å². The van der Waals surface area contributed by atoms with Gasteiger partial charge < -0.3 is 11.1 Å². The van der Waals surface area contributed by atoms with E-state index in [-0.39, 0.29) is 11.8 Å². The molecule has 1 amide bonds. The Bertz CT molecular complexity index is 468. The van der Waals surface area contributed by atoms with Gasteiger partial charge >= 0.3 is 0 Å². The van der Waals surface area contributed by atoms with Crippen molar-refractivity contribution in [1.82, 2.24) is 0 Å². The molecule has 3 unspecified atom stereocenters. The summed E-state index contributed by atoms with van der Waals surface area (Å²) in [4.78, 5) is 12.4. The minimum atomic E-state index is 0.193. The second kappa shape index (κ2) is 5.86. The normalized spacial score (nSPS) is 29.5. The van der Waals surface area contributed by atoms with E-state index in [0.717, 1.165) is 36.1 Å². The third kappa shape index (κ3) is 2.97. The van der Waals surface area contributed by atoms with Gasteiger partial charge in [0.2, 0.25) is 5.91 Å². The maximum atomic E-state index is 12.4. The van der Waals surface area contributed by atoms with E-state index >= 15 is 0 Å². The molecule has 3 atom stereocenters. The van der Waals surface area contributed by atoms with Crippen molar-refractivity contribution in [3.8, 4) is 0 Å². The summed E-state index contributed by atoms with van der Waals surface area (Å²) < 4.78 is 0. The number of nitrogens with two attached hydrogens (primary N) is 1. The van der Waals surface area contributed by atoms with Crippen molar-refractivity contribution in [2.45, 2.75) is 44.9 Å². The molecule has 3 N–H and O–H groups in total. The first-order valence-electron chi connectivity index (χ1n) is 7.89. The van der Waals surface area contributed by atoms with Crippen molar-refractivity contribution < 1.29 is 4.79 Å². The zero-order chi connectivity index (χ0) is 13.9. The lowest BCUT2D eigenvalue weighted by atomic mass is 9.67. The molecule has 2 fully saturated rings. The fourth-order valence-electron chi connectivity index (χ4n) is 3.92. The number of rotatable bonds is 2. The summed E-state index contributed by atoms with van der Waals surface area (Å²) in [5, 5.41) is 3.04. The Morgan fingerprint density at radius 1 is 1.00 bits per heavy atom. The SMILES string of the molecule is Nc1ccc(NC(=O)C2CCC3CCCCC3C2)cc1. The number of amides is 1. The van der Waals surface area contributed by atoms with Crippen molar-refractivity contribution in [3.63, 3.8) is 0 Å². The smallest absolute Gasteiger partial charge is 0.227 e. The van der Waals surface area contributed by atoms with E-state index in [4.69, 9.17) is 5.73 Å². The molecular weight excluding hydrogens is 248 g/mol. The van der Waals surface area contributed by atoms with Crippen LogP contribution in [-0.4, -0.2) is 5.91 Å². The second-order valence-corrected chi connectivity index (χ2v) is 6.43. The molecule has 108 valence electrons. The van der Waals surface area contributed by atoms with E-state index in [1.807, 2.05) is 24.3 Å². The van der Waals surface area contributed by atoms with E-state index in [9.17, 15) is 4.79 Å². The highest BCUT2D eigenvalue weighted by molar-refractivity contribution is 5.92. The Morgan fingerprint density at radius 3 is 2.45 bits per heavy atom. The molecule has 0 aromatic heterocycles. The van der Waals surface area contributed by atoms with Gasteiger partial charge in [0.25, 0.3) is 0 Å². The zero-order valence-corrected chi connectivity index (χ0v) is 12.0. The lowest BCUT2D eigenvalue weighted by Crippen LogP contribution is -2.33. The summed E-state index contributed by atoms with van der Waals surface area (Å²) in [5.41, 5.74) is 7.24. The molecule has 0 heterocycles. The molecule has 20 heavy (non-hydrogen) atoms. The van der Waals surface area contributed by atoms with Gasteiger partial charge in [0, 0.05) is 17.3 Å². The largest absolute Gasteiger partial charge is 0.399 e. The van der Waals surface area contributed by atoms with Gasteiger partial charge in [-0.25, -0.2) is 0 Å². The van der Waals surface area contributed by atoms with Crippen molar-refractivity contribution in [2.24, 2.45) is 17.8 Å². The first-order chi connectivity index (χ1) is 9.72. The van der Waals surface area contributed by atoms with Crippen LogP contribution in [0.5, 0.6) is 0 Å². The predicted octanol–water partition coefficient (Wildman–Crippen LogP) is 3.81. The minimum Gasteiger partial charge on any atom is -0.399 e. The number of hydrogen-bond acceptors (Lipinski definition) is 2. The van der Waals surface area contributed by atoms with Crippen LogP contribution in [0.1, 0.15) is 44.9 Å². The van der Waals surface area contributed by atoms with Crippen LogP contribution in [0.3, 0.4) is 0 Å². The molecule has 3 heteroatoms. The van der Waals surface area contributed by atoms with Gasteiger partial charge in [-0.15, -0.1) is 0 Å². The third-order valence-corrected chi connectivity index (χ3v) is 5.09. The molecule has 3 rings (SSSR count). The average Bonchev–Trinajstić information content (AvgIpc) is 2.49. The van der Waals surface area contributed by atoms with E-state index in [2.05, 4.69) is 5.32 Å². The summed E-state index contributed by atoms with van der Waals surface area (Å²) in [6, 6.07) is 7.40.